The number of hydrogen-bond donors (Lipinski definition) is 2. The molecule has 2 aromatic heterocycles. The highest BCUT2D eigenvalue weighted by Gasteiger charge is 2.34. The van der Waals surface area contributed by atoms with Crippen molar-refractivity contribution in [1.82, 2.24) is 10.3 Å². The summed E-state index contributed by atoms with van der Waals surface area (Å²) in [5.41, 5.74) is 0.162. The van der Waals surface area contributed by atoms with Crippen molar-refractivity contribution in [2.45, 2.75) is 43.9 Å². The lowest BCUT2D eigenvalue weighted by molar-refractivity contribution is -0.140. The third-order valence-electron chi connectivity index (χ3n) is 5.42. The number of carbonyl (C=O) groups is 1. The molecular formula is C22H19F3N4OS. The van der Waals surface area contributed by atoms with Crippen LogP contribution < -0.4 is 10.6 Å². The maximum absolute atomic E-state index is 13.3. The minimum atomic E-state index is -4.52. The van der Waals surface area contributed by atoms with Gasteiger partial charge in [0.2, 0.25) is 0 Å². The van der Waals surface area contributed by atoms with Crippen LogP contribution in [0.3, 0.4) is 0 Å². The summed E-state index contributed by atoms with van der Waals surface area (Å²) in [5, 5.41) is 17.7. The van der Waals surface area contributed by atoms with Gasteiger partial charge in [0.1, 0.15) is 16.6 Å². The van der Waals surface area contributed by atoms with Crippen molar-refractivity contribution in [2.75, 3.05) is 5.32 Å². The number of carbonyl (C=O) groups excluding carboxylic acids is 1. The van der Waals surface area contributed by atoms with Crippen molar-refractivity contribution in [3.05, 3.63) is 57.9 Å². The normalized spacial score (nSPS) is 19.0. The van der Waals surface area contributed by atoms with Gasteiger partial charge in [0.15, 0.2) is 0 Å². The second-order valence-electron chi connectivity index (χ2n) is 7.51. The molecule has 0 aliphatic heterocycles. The minimum absolute atomic E-state index is 0.00329. The topological polar surface area (TPSA) is 77.8 Å². The number of para-hydroxylation sites is 1. The molecule has 3 aromatic rings. The Morgan fingerprint density at radius 3 is 2.55 bits per heavy atom. The van der Waals surface area contributed by atoms with E-state index in [0.717, 1.165) is 6.07 Å². The number of aromatic nitrogens is 1. The quantitative estimate of drug-likeness (QED) is 0.569. The summed E-state index contributed by atoms with van der Waals surface area (Å²) in [6, 6.07) is 11.4. The summed E-state index contributed by atoms with van der Waals surface area (Å²) in [6.45, 7) is 0. The van der Waals surface area contributed by atoms with Gasteiger partial charge < -0.3 is 10.6 Å². The smallest absolute Gasteiger partial charge is 0.382 e. The summed E-state index contributed by atoms with van der Waals surface area (Å²) in [6.07, 6.45) is -1.71. The zero-order valence-electron chi connectivity index (χ0n) is 16.4. The first-order valence-electron chi connectivity index (χ1n) is 9.87. The Bertz CT molecular complexity index is 1140. The van der Waals surface area contributed by atoms with Crippen LogP contribution in [-0.4, -0.2) is 23.0 Å². The predicted molar refractivity (Wildman–Crippen MR) is 113 cm³/mol. The maximum Gasteiger partial charge on any atom is 0.433 e. The highest BCUT2D eigenvalue weighted by atomic mass is 32.1. The lowest BCUT2D eigenvalue weighted by atomic mass is 9.90. The van der Waals surface area contributed by atoms with E-state index >= 15 is 0 Å². The molecule has 1 amide bonds. The largest absolute Gasteiger partial charge is 0.433 e. The number of amides is 1. The van der Waals surface area contributed by atoms with Crippen LogP contribution in [0.15, 0.2) is 41.8 Å². The fourth-order valence-electron chi connectivity index (χ4n) is 3.87. The Hall–Kier alpha value is -3.12. The van der Waals surface area contributed by atoms with Crippen molar-refractivity contribution >= 4 is 33.8 Å². The van der Waals surface area contributed by atoms with Crippen LogP contribution in [0.5, 0.6) is 0 Å². The number of pyridine rings is 1. The maximum atomic E-state index is 13.3. The summed E-state index contributed by atoms with van der Waals surface area (Å²) in [5.74, 6) is -0.252. The highest BCUT2D eigenvalue weighted by molar-refractivity contribution is 7.12. The molecule has 2 heterocycles. The van der Waals surface area contributed by atoms with E-state index in [9.17, 15) is 18.0 Å². The van der Waals surface area contributed by atoms with Crippen LogP contribution in [0.2, 0.25) is 0 Å². The molecular weight excluding hydrogens is 425 g/mol. The van der Waals surface area contributed by atoms with Gasteiger partial charge in [-0.25, -0.2) is 4.98 Å². The lowest BCUT2D eigenvalue weighted by Gasteiger charge is -2.30. The van der Waals surface area contributed by atoms with Crippen LogP contribution in [0.4, 0.5) is 18.9 Å². The standard InChI is InChI=1S/C22H19F3N4OS/c23-22(24,25)19-11-18(16-3-1-2-4-17(16)29-19)27-14-5-7-15(8-6-14)28-21(30)20-13(12-26)9-10-31-20/h1-4,9-11,14-15H,5-8H2,(H,27,29)(H,28,30)/t14-,15+. The Morgan fingerprint density at radius 2 is 1.84 bits per heavy atom. The van der Waals surface area contributed by atoms with Crippen molar-refractivity contribution in [3.8, 4) is 6.07 Å². The van der Waals surface area contributed by atoms with Crippen LogP contribution in [0.1, 0.15) is 46.6 Å². The number of rotatable bonds is 4. The molecule has 1 saturated carbocycles. The van der Waals surface area contributed by atoms with Gasteiger partial charge >= 0.3 is 6.18 Å². The van der Waals surface area contributed by atoms with Crippen LogP contribution in [0.25, 0.3) is 10.9 Å². The molecule has 1 aromatic carbocycles. The first-order chi connectivity index (χ1) is 14.8. The van der Waals surface area contributed by atoms with Gasteiger partial charge in [-0.15, -0.1) is 11.3 Å². The Morgan fingerprint density at radius 1 is 1.13 bits per heavy atom. The third-order valence-corrected chi connectivity index (χ3v) is 6.33. The molecule has 1 aliphatic carbocycles. The number of benzene rings is 1. The molecule has 0 unspecified atom stereocenters. The molecule has 0 bridgehead atoms. The molecule has 1 aliphatic rings. The number of nitrogens with one attached hydrogen (secondary N) is 2. The molecule has 5 nitrogen and oxygen atoms in total. The van der Waals surface area contributed by atoms with E-state index in [0.29, 0.717) is 52.7 Å². The first kappa shape index (κ1) is 21.1. The van der Waals surface area contributed by atoms with E-state index < -0.39 is 11.9 Å². The van der Waals surface area contributed by atoms with Gasteiger partial charge in [0, 0.05) is 23.2 Å². The number of nitriles is 1. The number of nitrogens with zero attached hydrogens (tertiary/aromatic N) is 2. The molecule has 31 heavy (non-hydrogen) atoms. The van der Waals surface area contributed by atoms with E-state index in [1.54, 1.807) is 35.7 Å². The van der Waals surface area contributed by atoms with Gasteiger partial charge in [-0.05, 0) is 49.3 Å². The minimum Gasteiger partial charge on any atom is -0.382 e. The summed E-state index contributed by atoms with van der Waals surface area (Å²) >= 11 is 1.23. The Balaban J connectivity index is 1.43. The zero-order valence-corrected chi connectivity index (χ0v) is 17.2. The predicted octanol–water partition coefficient (Wildman–Crippen LogP) is 5.34. The number of hydrogen-bond acceptors (Lipinski definition) is 5. The van der Waals surface area contributed by atoms with Crippen LogP contribution in [0, 0.1) is 11.3 Å². The summed E-state index contributed by atoms with van der Waals surface area (Å²) in [7, 11) is 0. The van der Waals surface area contributed by atoms with Gasteiger partial charge in [0.25, 0.3) is 5.91 Å². The fraction of sp³-hybridized carbons (Fsp3) is 0.318. The SMILES string of the molecule is N#Cc1ccsc1C(=O)N[C@H]1CC[C@@H](Nc2cc(C(F)(F)F)nc3ccccc23)CC1. The van der Waals surface area contributed by atoms with E-state index in [-0.39, 0.29) is 18.0 Å². The van der Waals surface area contributed by atoms with Crippen LogP contribution in [-0.2, 0) is 6.18 Å². The van der Waals surface area contributed by atoms with Gasteiger partial charge in [-0.3, -0.25) is 4.79 Å². The molecule has 160 valence electrons. The monoisotopic (exact) mass is 444 g/mol. The lowest BCUT2D eigenvalue weighted by Crippen LogP contribution is -2.40. The highest BCUT2D eigenvalue weighted by Crippen LogP contribution is 2.34. The van der Waals surface area contributed by atoms with Crippen molar-refractivity contribution in [3.63, 3.8) is 0 Å². The molecule has 0 radical (unpaired) electrons. The van der Waals surface area contributed by atoms with E-state index in [4.69, 9.17) is 5.26 Å². The second kappa shape index (κ2) is 8.55. The van der Waals surface area contributed by atoms with Gasteiger partial charge in [0.05, 0.1) is 11.1 Å². The zero-order chi connectivity index (χ0) is 22.0. The third kappa shape index (κ3) is 4.64. The summed E-state index contributed by atoms with van der Waals surface area (Å²) in [4.78, 5) is 16.6. The number of fused-ring (bicyclic) bond motifs is 1. The van der Waals surface area contributed by atoms with Crippen LogP contribution >= 0.6 is 11.3 Å². The Kier molecular flexibility index (Phi) is 5.83. The first-order valence-corrected chi connectivity index (χ1v) is 10.7. The van der Waals surface area contributed by atoms with Crippen molar-refractivity contribution < 1.29 is 18.0 Å². The molecule has 0 atom stereocenters. The summed E-state index contributed by atoms with van der Waals surface area (Å²) < 4.78 is 39.8. The van der Waals surface area contributed by atoms with Crippen molar-refractivity contribution in [1.29, 1.82) is 5.26 Å². The average molecular weight is 444 g/mol. The molecule has 2 N–H and O–H groups in total. The fourth-order valence-corrected chi connectivity index (χ4v) is 4.61. The molecule has 0 saturated heterocycles. The number of alkyl halides is 3. The van der Waals surface area contributed by atoms with E-state index in [1.165, 1.54) is 11.3 Å². The van der Waals surface area contributed by atoms with E-state index in [2.05, 4.69) is 15.6 Å². The molecule has 4 rings (SSSR count). The second-order valence-corrected chi connectivity index (χ2v) is 8.43. The number of anilines is 1. The number of halogens is 3. The van der Waals surface area contributed by atoms with Gasteiger partial charge in [-0.1, -0.05) is 18.2 Å². The van der Waals surface area contributed by atoms with Gasteiger partial charge in [-0.2, -0.15) is 18.4 Å². The molecule has 1 fully saturated rings. The Labute approximate surface area is 180 Å². The van der Waals surface area contributed by atoms with E-state index in [1.807, 2.05) is 6.07 Å². The number of thiophene rings is 1. The van der Waals surface area contributed by atoms with Crippen molar-refractivity contribution in [2.24, 2.45) is 0 Å². The molecule has 0 spiro atoms. The molecule has 9 heteroatoms. The average Bonchev–Trinajstić information content (AvgIpc) is 3.23.